The van der Waals surface area contributed by atoms with Crippen molar-refractivity contribution in [1.29, 1.82) is 0 Å². The predicted molar refractivity (Wildman–Crippen MR) is 103 cm³/mol. The van der Waals surface area contributed by atoms with Crippen LogP contribution in [0, 0.1) is 24.7 Å². The van der Waals surface area contributed by atoms with Crippen LogP contribution in [0.5, 0.6) is 0 Å². The maximum atomic E-state index is 13.3. The van der Waals surface area contributed by atoms with E-state index in [1.165, 1.54) is 18.3 Å². The number of nitrogens with two attached hydrogens (primary N) is 1. The Morgan fingerprint density at radius 3 is 2.66 bits per heavy atom. The molecule has 1 aliphatic carbocycles. The minimum absolute atomic E-state index is 0.190. The van der Waals surface area contributed by atoms with E-state index in [0.29, 0.717) is 28.5 Å². The Morgan fingerprint density at radius 2 is 2.00 bits per heavy atom. The highest BCUT2D eigenvalue weighted by molar-refractivity contribution is 5.72. The second-order valence-electron chi connectivity index (χ2n) is 7.49. The molecule has 1 aromatic carbocycles. The van der Waals surface area contributed by atoms with Crippen LogP contribution in [0.4, 0.5) is 19.0 Å². The Balaban J connectivity index is 1.86. The van der Waals surface area contributed by atoms with Crippen molar-refractivity contribution < 1.29 is 18.3 Å². The number of alkyl halides is 3. The number of aliphatic hydroxyl groups is 1. The molecule has 4 rings (SSSR count). The van der Waals surface area contributed by atoms with E-state index in [-0.39, 0.29) is 11.4 Å². The third kappa shape index (κ3) is 3.42. The highest BCUT2D eigenvalue weighted by Crippen LogP contribution is 2.40. The van der Waals surface area contributed by atoms with Gasteiger partial charge in [0.15, 0.2) is 17.1 Å². The zero-order valence-electron chi connectivity index (χ0n) is 15.9. The molecule has 1 aliphatic rings. The second kappa shape index (κ2) is 6.49. The van der Waals surface area contributed by atoms with Crippen LogP contribution in [0.3, 0.4) is 0 Å². The summed E-state index contributed by atoms with van der Waals surface area (Å²) >= 11 is 0. The number of benzene rings is 1. The van der Waals surface area contributed by atoms with E-state index in [1.807, 2.05) is 0 Å². The maximum Gasteiger partial charge on any atom is 0.421 e. The number of hydrogen-bond acceptors (Lipinski definition) is 4. The summed E-state index contributed by atoms with van der Waals surface area (Å²) in [5, 5.41) is 10.1. The number of fused-ring (bicyclic) bond motifs is 1. The lowest BCUT2D eigenvalue weighted by atomic mass is 9.91. The molecule has 8 heteroatoms. The van der Waals surface area contributed by atoms with E-state index in [0.717, 1.165) is 25.3 Å². The summed E-state index contributed by atoms with van der Waals surface area (Å²) in [6.07, 6.45) is 0.550. The van der Waals surface area contributed by atoms with Gasteiger partial charge in [-0.3, -0.25) is 4.40 Å². The molecule has 1 unspecified atom stereocenters. The molecule has 2 heterocycles. The van der Waals surface area contributed by atoms with Gasteiger partial charge in [0.25, 0.3) is 0 Å². The zero-order chi connectivity index (χ0) is 21.0. The molecular formula is C21H19F3N4O. The molecule has 0 saturated heterocycles. The number of aryl methyl sites for hydroxylation is 1. The predicted octanol–water partition coefficient (Wildman–Crippen LogP) is 3.82. The molecule has 2 aromatic heterocycles. The van der Waals surface area contributed by atoms with Crippen LogP contribution in [0.2, 0.25) is 0 Å². The van der Waals surface area contributed by atoms with Gasteiger partial charge in [0, 0.05) is 17.7 Å². The van der Waals surface area contributed by atoms with E-state index in [9.17, 15) is 18.3 Å². The lowest BCUT2D eigenvalue weighted by Crippen LogP contribution is -2.39. The Kier molecular flexibility index (Phi) is 4.32. The van der Waals surface area contributed by atoms with E-state index in [4.69, 9.17) is 5.73 Å². The molecule has 0 radical (unpaired) electrons. The number of aromatic nitrogens is 3. The second-order valence-corrected chi connectivity index (χ2v) is 7.49. The standard InChI is InChI=1S/C21H19F3N4O/c1-12-3-7-14(20(2,29)21(22,23)24)9-16(12)17-10-26-19-18(25)27-15(11-28(17)19)8-6-13-4-5-13/h3,7,9-11,13,29H,4-5H2,1-2H3,(H2,25,27). The molecule has 5 nitrogen and oxygen atoms in total. The highest BCUT2D eigenvalue weighted by Gasteiger charge is 2.51. The highest BCUT2D eigenvalue weighted by atomic mass is 19.4. The Bertz CT molecular complexity index is 1160. The fourth-order valence-electron chi connectivity index (χ4n) is 3.04. The molecule has 0 amide bonds. The molecular weight excluding hydrogens is 381 g/mol. The molecule has 3 N–H and O–H groups in total. The normalized spacial score (nSPS) is 16.3. The number of halogens is 3. The van der Waals surface area contributed by atoms with Gasteiger partial charge in [-0.2, -0.15) is 13.2 Å². The fourth-order valence-corrected chi connectivity index (χ4v) is 3.04. The van der Waals surface area contributed by atoms with Crippen LogP contribution in [-0.4, -0.2) is 25.7 Å². The van der Waals surface area contributed by atoms with Crippen LogP contribution in [-0.2, 0) is 5.60 Å². The quantitative estimate of drug-likeness (QED) is 0.642. The summed E-state index contributed by atoms with van der Waals surface area (Å²) in [7, 11) is 0. The third-order valence-electron chi connectivity index (χ3n) is 5.13. The number of anilines is 1. The lowest BCUT2D eigenvalue weighted by molar-refractivity contribution is -0.258. The molecule has 150 valence electrons. The smallest absolute Gasteiger partial charge is 0.381 e. The van der Waals surface area contributed by atoms with Crippen molar-refractivity contribution in [3.05, 3.63) is 47.4 Å². The van der Waals surface area contributed by atoms with Gasteiger partial charge in [-0.25, -0.2) is 9.97 Å². The van der Waals surface area contributed by atoms with E-state index in [2.05, 4.69) is 21.8 Å². The first-order valence-electron chi connectivity index (χ1n) is 9.13. The zero-order valence-corrected chi connectivity index (χ0v) is 15.9. The molecule has 0 bridgehead atoms. The van der Waals surface area contributed by atoms with Crippen molar-refractivity contribution in [2.24, 2.45) is 5.92 Å². The number of nitrogen functional groups attached to an aromatic ring is 1. The van der Waals surface area contributed by atoms with Gasteiger partial charge in [-0.05, 0) is 49.8 Å². The van der Waals surface area contributed by atoms with Gasteiger partial charge in [-0.1, -0.05) is 18.1 Å². The number of nitrogens with zero attached hydrogens (tertiary/aromatic N) is 3. The Hall–Kier alpha value is -3.05. The van der Waals surface area contributed by atoms with E-state index >= 15 is 0 Å². The minimum atomic E-state index is -4.81. The molecule has 0 spiro atoms. The monoisotopic (exact) mass is 400 g/mol. The van der Waals surface area contributed by atoms with Crippen molar-refractivity contribution in [3.8, 4) is 23.1 Å². The largest absolute Gasteiger partial charge is 0.421 e. The summed E-state index contributed by atoms with van der Waals surface area (Å²) in [4.78, 5) is 8.52. The minimum Gasteiger partial charge on any atom is -0.381 e. The van der Waals surface area contributed by atoms with Gasteiger partial charge >= 0.3 is 6.18 Å². The van der Waals surface area contributed by atoms with Gasteiger partial charge in [0.05, 0.1) is 11.9 Å². The number of hydrogen-bond donors (Lipinski definition) is 2. The van der Waals surface area contributed by atoms with Crippen LogP contribution < -0.4 is 5.73 Å². The van der Waals surface area contributed by atoms with Gasteiger partial charge < -0.3 is 10.8 Å². The molecule has 1 atom stereocenters. The van der Waals surface area contributed by atoms with Crippen LogP contribution in [0.1, 0.15) is 36.6 Å². The fraction of sp³-hybridized carbons (Fsp3) is 0.333. The Labute approximate surface area is 165 Å². The lowest BCUT2D eigenvalue weighted by Gasteiger charge is -2.27. The van der Waals surface area contributed by atoms with Crippen LogP contribution >= 0.6 is 0 Å². The van der Waals surface area contributed by atoms with Gasteiger partial charge in [0.1, 0.15) is 5.69 Å². The van der Waals surface area contributed by atoms with Crippen LogP contribution in [0.15, 0.2) is 30.6 Å². The molecule has 3 aromatic rings. The van der Waals surface area contributed by atoms with Crippen molar-refractivity contribution in [1.82, 2.24) is 14.4 Å². The summed E-state index contributed by atoms with van der Waals surface area (Å²) in [6, 6.07) is 4.15. The van der Waals surface area contributed by atoms with Crippen molar-refractivity contribution >= 4 is 11.5 Å². The van der Waals surface area contributed by atoms with Crippen LogP contribution in [0.25, 0.3) is 16.9 Å². The molecule has 1 fully saturated rings. The van der Waals surface area contributed by atoms with Crippen molar-refractivity contribution in [2.75, 3.05) is 5.73 Å². The molecule has 29 heavy (non-hydrogen) atoms. The van der Waals surface area contributed by atoms with Crippen molar-refractivity contribution in [2.45, 2.75) is 38.5 Å². The first-order chi connectivity index (χ1) is 13.6. The third-order valence-corrected chi connectivity index (χ3v) is 5.13. The first kappa shape index (κ1) is 19.3. The molecule has 1 saturated carbocycles. The van der Waals surface area contributed by atoms with E-state index in [1.54, 1.807) is 23.6 Å². The average Bonchev–Trinajstić information content (AvgIpc) is 3.37. The molecule has 0 aliphatic heterocycles. The van der Waals surface area contributed by atoms with Gasteiger partial charge in [0.2, 0.25) is 0 Å². The summed E-state index contributed by atoms with van der Waals surface area (Å²) in [5.41, 5.74) is 5.43. The summed E-state index contributed by atoms with van der Waals surface area (Å²) in [5.74, 6) is 6.69. The average molecular weight is 400 g/mol. The summed E-state index contributed by atoms with van der Waals surface area (Å²) < 4.78 is 41.6. The SMILES string of the molecule is Cc1ccc(C(C)(O)C(F)(F)F)cc1-c1cnc2c(N)nc(C#CC3CC3)cn12. The Morgan fingerprint density at radius 1 is 1.28 bits per heavy atom. The number of imidazole rings is 1. The van der Waals surface area contributed by atoms with Crippen molar-refractivity contribution in [3.63, 3.8) is 0 Å². The maximum absolute atomic E-state index is 13.3. The van der Waals surface area contributed by atoms with E-state index < -0.39 is 11.8 Å². The summed E-state index contributed by atoms with van der Waals surface area (Å²) in [6.45, 7) is 2.52. The van der Waals surface area contributed by atoms with Gasteiger partial charge in [-0.15, -0.1) is 0 Å². The topological polar surface area (TPSA) is 76.4 Å². The first-order valence-corrected chi connectivity index (χ1v) is 9.13. The number of rotatable bonds is 2.